The Balaban J connectivity index is 2.33. The van der Waals surface area contributed by atoms with Crippen LogP contribution in [0.15, 0.2) is 36.4 Å². The Hall–Kier alpha value is -2.16. The fraction of sp³-hybridized carbons (Fsp3) is 0.133. The maximum atomic E-state index is 13.0. The minimum absolute atomic E-state index is 0.202. The number of benzene rings is 2. The zero-order chi connectivity index (χ0) is 13.1. The van der Waals surface area contributed by atoms with Crippen LogP contribution in [0.25, 0.3) is 0 Å². The molecule has 0 aliphatic heterocycles. The van der Waals surface area contributed by atoms with Crippen molar-refractivity contribution in [1.29, 1.82) is 0 Å². The summed E-state index contributed by atoms with van der Waals surface area (Å²) >= 11 is 0. The number of halogens is 1. The van der Waals surface area contributed by atoms with E-state index in [1.165, 1.54) is 12.1 Å². The number of hydrogen-bond acceptors (Lipinski definition) is 2. The quantitative estimate of drug-likeness (QED) is 0.761. The fourth-order valence-corrected chi connectivity index (χ4v) is 1.61. The van der Waals surface area contributed by atoms with Gasteiger partial charge in [0, 0.05) is 0 Å². The second-order valence-electron chi connectivity index (χ2n) is 4.15. The monoisotopic (exact) mass is 244 g/mol. The SMILES string of the molecule is Cc1ccc(Oc2ccc(F)cc2C=O)cc1C. The zero-order valence-electron chi connectivity index (χ0n) is 10.2. The van der Waals surface area contributed by atoms with Gasteiger partial charge < -0.3 is 4.74 Å². The van der Waals surface area contributed by atoms with Crippen LogP contribution in [0.4, 0.5) is 4.39 Å². The molecule has 18 heavy (non-hydrogen) atoms. The summed E-state index contributed by atoms with van der Waals surface area (Å²) in [6.07, 6.45) is 0.583. The molecule has 2 aromatic rings. The van der Waals surface area contributed by atoms with E-state index in [-0.39, 0.29) is 5.56 Å². The Kier molecular flexibility index (Phi) is 3.42. The summed E-state index contributed by atoms with van der Waals surface area (Å²) in [4.78, 5) is 10.8. The first kappa shape index (κ1) is 12.3. The number of hydrogen-bond donors (Lipinski definition) is 0. The van der Waals surface area contributed by atoms with E-state index in [4.69, 9.17) is 4.74 Å². The largest absolute Gasteiger partial charge is 0.457 e. The van der Waals surface area contributed by atoms with Crippen LogP contribution in [0, 0.1) is 19.7 Å². The molecule has 2 rings (SSSR count). The van der Waals surface area contributed by atoms with Crippen molar-refractivity contribution in [3.63, 3.8) is 0 Å². The van der Waals surface area contributed by atoms with Crippen molar-refractivity contribution in [2.24, 2.45) is 0 Å². The van der Waals surface area contributed by atoms with E-state index in [0.29, 0.717) is 17.8 Å². The van der Waals surface area contributed by atoms with Crippen molar-refractivity contribution in [3.8, 4) is 11.5 Å². The van der Waals surface area contributed by atoms with Crippen molar-refractivity contribution in [2.75, 3.05) is 0 Å². The smallest absolute Gasteiger partial charge is 0.153 e. The van der Waals surface area contributed by atoms with E-state index in [9.17, 15) is 9.18 Å². The van der Waals surface area contributed by atoms with Crippen molar-refractivity contribution in [3.05, 3.63) is 58.9 Å². The van der Waals surface area contributed by atoms with Gasteiger partial charge in [-0.25, -0.2) is 4.39 Å². The maximum absolute atomic E-state index is 13.0. The highest BCUT2D eigenvalue weighted by molar-refractivity contribution is 5.79. The molecule has 0 fully saturated rings. The molecule has 2 nitrogen and oxygen atoms in total. The molecule has 0 saturated heterocycles. The lowest BCUT2D eigenvalue weighted by atomic mass is 10.1. The summed E-state index contributed by atoms with van der Waals surface area (Å²) in [6.45, 7) is 3.99. The molecule has 0 amide bonds. The van der Waals surface area contributed by atoms with Gasteiger partial charge in [-0.1, -0.05) is 6.07 Å². The molecule has 0 aromatic heterocycles. The molecule has 0 radical (unpaired) electrons. The van der Waals surface area contributed by atoms with Gasteiger partial charge in [-0.15, -0.1) is 0 Å². The average Bonchev–Trinajstić information content (AvgIpc) is 2.36. The molecule has 0 saturated carbocycles. The second kappa shape index (κ2) is 5.00. The van der Waals surface area contributed by atoms with Crippen LogP contribution in [0.1, 0.15) is 21.5 Å². The average molecular weight is 244 g/mol. The minimum Gasteiger partial charge on any atom is -0.457 e. The van der Waals surface area contributed by atoms with E-state index >= 15 is 0 Å². The first-order valence-corrected chi connectivity index (χ1v) is 5.60. The van der Waals surface area contributed by atoms with Gasteiger partial charge in [0.25, 0.3) is 0 Å². The maximum Gasteiger partial charge on any atom is 0.153 e. The number of aryl methyl sites for hydroxylation is 2. The van der Waals surface area contributed by atoms with E-state index in [2.05, 4.69) is 0 Å². The fourth-order valence-electron chi connectivity index (χ4n) is 1.61. The first-order chi connectivity index (χ1) is 8.60. The minimum atomic E-state index is -0.454. The van der Waals surface area contributed by atoms with Gasteiger partial charge in [-0.2, -0.15) is 0 Å². The molecule has 0 bridgehead atoms. The summed E-state index contributed by atoms with van der Waals surface area (Å²) in [5.74, 6) is 0.534. The van der Waals surface area contributed by atoms with Gasteiger partial charge >= 0.3 is 0 Å². The van der Waals surface area contributed by atoms with E-state index < -0.39 is 5.82 Å². The molecule has 2 aromatic carbocycles. The van der Waals surface area contributed by atoms with Crippen LogP contribution in [-0.2, 0) is 0 Å². The van der Waals surface area contributed by atoms with Gasteiger partial charge in [0.15, 0.2) is 6.29 Å². The lowest BCUT2D eigenvalue weighted by Gasteiger charge is -2.09. The van der Waals surface area contributed by atoms with Gasteiger partial charge in [-0.05, 0) is 55.3 Å². The molecule has 0 N–H and O–H groups in total. The molecular weight excluding hydrogens is 231 g/mol. The Labute approximate surface area is 105 Å². The van der Waals surface area contributed by atoms with Crippen molar-refractivity contribution < 1.29 is 13.9 Å². The summed E-state index contributed by atoms with van der Waals surface area (Å²) < 4.78 is 18.6. The molecule has 92 valence electrons. The number of ether oxygens (including phenoxy) is 1. The zero-order valence-corrected chi connectivity index (χ0v) is 10.2. The third kappa shape index (κ3) is 2.56. The Morgan fingerprint density at radius 2 is 1.83 bits per heavy atom. The van der Waals surface area contributed by atoms with Crippen LogP contribution in [0.2, 0.25) is 0 Å². The van der Waals surface area contributed by atoms with Crippen LogP contribution >= 0.6 is 0 Å². The molecule has 0 aliphatic rings. The van der Waals surface area contributed by atoms with E-state index in [0.717, 1.165) is 17.2 Å². The van der Waals surface area contributed by atoms with Crippen LogP contribution in [0.5, 0.6) is 11.5 Å². The number of carbonyl (C=O) groups is 1. The molecule has 3 heteroatoms. The molecule has 0 atom stereocenters. The van der Waals surface area contributed by atoms with Gasteiger partial charge in [0.1, 0.15) is 17.3 Å². The van der Waals surface area contributed by atoms with Crippen LogP contribution in [0.3, 0.4) is 0 Å². The third-order valence-corrected chi connectivity index (χ3v) is 2.80. The molecule has 0 spiro atoms. The Bertz CT molecular complexity index is 591. The lowest BCUT2D eigenvalue weighted by molar-refractivity contribution is 0.112. The van der Waals surface area contributed by atoms with Crippen molar-refractivity contribution >= 4 is 6.29 Å². The first-order valence-electron chi connectivity index (χ1n) is 5.60. The van der Waals surface area contributed by atoms with E-state index in [1.807, 2.05) is 32.0 Å². The third-order valence-electron chi connectivity index (χ3n) is 2.80. The highest BCUT2D eigenvalue weighted by Gasteiger charge is 2.06. The summed E-state index contributed by atoms with van der Waals surface area (Å²) in [6, 6.07) is 9.52. The Morgan fingerprint density at radius 3 is 2.50 bits per heavy atom. The van der Waals surface area contributed by atoms with Crippen LogP contribution < -0.4 is 4.74 Å². The second-order valence-corrected chi connectivity index (χ2v) is 4.15. The molecule has 0 unspecified atom stereocenters. The van der Waals surface area contributed by atoms with Gasteiger partial charge in [-0.3, -0.25) is 4.79 Å². The van der Waals surface area contributed by atoms with Crippen molar-refractivity contribution in [1.82, 2.24) is 0 Å². The van der Waals surface area contributed by atoms with Gasteiger partial charge in [0.2, 0.25) is 0 Å². The normalized spacial score (nSPS) is 10.2. The molecule has 0 aliphatic carbocycles. The predicted octanol–water partition coefficient (Wildman–Crippen LogP) is 4.05. The Morgan fingerprint density at radius 1 is 1.06 bits per heavy atom. The van der Waals surface area contributed by atoms with Crippen molar-refractivity contribution in [2.45, 2.75) is 13.8 Å². The summed E-state index contributed by atoms with van der Waals surface area (Å²) in [7, 11) is 0. The molecular formula is C15H13FO2. The highest BCUT2D eigenvalue weighted by Crippen LogP contribution is 2.26. The standard InChI is InChI=1S/C15H13FO2/c1-10-3-5-14(7-11(10)2)18-15-6-4-13(16)8-12(15)9-17/h3-9H,1-2H3. The summed E-state index contributed by atoms with van der Waals surface area (Å²) in [5, 5.41) is 0. The molecule has 0 heterocycles. The summed E-state index contributed by atoms with van der Waals surface area (Å²) in [5.41, 5.74) is 2.47. The van der Waals surface area contributed by atoms with Gasteiger partial charge in [0.05, 0.1) is 5.56 Å². The number of carbonyl (C=O) groups excluding carboxylic acids is 1. The van der Waals surface area contributed by atoms with Crippen LogP contribution in [-0.4, -0.2) is 6.29 Å². The lowest BCUT2D eigenvalue weighted by Crippen LogP contribution is -1.92. The highest BCUT2D eigenvalue weighted by atomic mass is 19.1. The van der Waals surface area contributed by atoms with E-state index in [1.54, 1.807) is 0 Å². The number of rotatable bonds is 3. The number of aldehydes is 1. The predicted molar refractivity (Wildman–Crippen MR) is 67.8 cm³/mol. The topological polar surface area (TPSA) is 26.3 Å².